The molecule has 1 aliphatic heterocycles. The maximum Gasteiger partial charge on any atom is 0.407 e. The molecule has 2 atom stereocenters. The number of carbonyl (C=O) groups is 1. The Morgan fingerprint density at radius 2 is 1.78 bits per heavy atom. The zero-order chi connectivity index (χ0) is 26.9. The average molecular weight is 541 g/mol. The van der Waals surface area contributed by atoms with Crippen molar-refractivity contribution in [2.45, 2.75) is 38.2 Å². The first-order chi connectivity index (χ1) is 16.6. The molecule has 36 heavy (non-hydrogen) atoms. The summed E-state index contributed by atoms with van der Waals surface area (Å²) in [6, 6.07) is 5.15. The van der Waals surface area contributed by atoms with Crippen LogP contribution in [0.3, 0.4) is 0 Å². The highest BCUT2D eigenvalue weighted by Crippen LogP contribution is 2.52. The van der Waals surface area contributed by atoms with Gasteiger partial charge >= 0.3 is 6.09 Å². The third-order valence-corrected chi connectivity index (χ3v) is 9.60. The number of alkyl carbamates (subject to hydrolysis) is 1. The standard InChI is InChI=1S/C25H33FN2O6S2/c1-17(12-13-35(30,31)23-9-7-6-8-22(23)26)10-11-18(2)36(32,33)28-15-20-19(21(20)16-28)14-27-24(29)34-25(3,4)5/h6-12,19-21H,2,13-16H2,1,3-5H3,(H,27,29)/b11-10-,17-12-. The van der Waals surface area contributed by atoms with Gasteiger partial charge in [0.15, 0.2) is 9.84 Å². The summed E-state index contributed by atoms with van der Waals surface area (Å²) < 4.78 is 71.0. The Morgan fingerprint density at radius 3 is 2.36 bits per heavy atom. The lowest BCUT2D eigenvalue weighted by Crippen LogP contribution is -2.36. The van der Waals surface area contributed by atoms with Gasteiger partial charge in [-0.25, -0.2) is 26.0 Å². The number of hydrogen-bond donors (Lipinski definition) is 1. The number of hydrogen-bond acceptors (Lipinski definition) is 6. The maximum atomic E-state index is 13.8. The molecule has 1 aromatic rings. The number of amides is 1. The molecule has 8 nitrogen and oxygen atoms in total. The molecule has 2 aliphatic rings. The highest BCUT2D eigenvalue weighted by atomic mass is 32.2. The quantitative estimate of drug-likeness (QED) is 0.479. The van der Waals surface area contributed by atoms with Crippen molar-refractivity contribution in [3.63, 3.8) is 0 Å². The van der Waals surface area contributed by atoms with Crippen LogP contribution in [0.25, 0.3) is 0 Å². The van der Waals surface area contributed by atoms with E-state index in [4.69, 9.17) is 4.74 Å². The Morgan fingerprint density at radius 1 is 1.17 bits per heavy atom. The van der Waals surface area contributed by atoms with Gasteiger partial charge in [-0.3, -0.25) is 0 Å². The van der Waals surface area contributed by atoms with Crippen LogP contribution in [0, 0.1) is 23.6 Å². The van der Waals surface area contributed by atoms with Crippen LogP contribution < -0.4 is 5.32 Å². The number of sulfonamides is 1. The van der Waals surface area contributed by atoms with E-state index >= 15 is 0 Å². The van der Waals surface area contributed by atoms with E-state index in [1.807, 2.05) is 0 Å². The summed E-state index contributed by atoms with van der Waals surface area (Å²) in [5, 5.41) is 2.75. The predicted molar refractivity (Wildman–Crippen MR) is 136 cm³/mol. The van der Waals surface area contributed by atoms with Gasteiger partial charge < -0.3 is 10.1 Å². The topological polar surface area (TPSA) is 110 Å². The lowest BCUT2D eigenvalue weighted by molar-refractivity contribution is 0.0523. The molecule has 2 unspecified atom stereocenters. The number of ether oxygens (including phenoxy) is 1. The number of carbonyl (C=O) groups excluding carboxylic acids is 1. The smallest absolute Gasteiger partial charge is 0.407 e. The van der Waals surface area contributed by atoms with Crippen molar-refractivity contribution in [1.29, 1.82) is 0 Å². The summed E-state index contributed by atoms with van der Waals surface area (Å²) in [6.07, 6.45) is 3.72. The Balaban J connectivity index is 1.51. The van der Waals surface area contributed by atoms with Gasteiger partial charge in [-0.05, 0) is 63.7 Å². The first kappa shape index (κ1) is 28.1. The number of allylic oxidation sites excluding steroid dienone is 3. The number of nitrogens with one attached hydrogen (secondary N) is 1. The summed E-state index contributed by atoms with van der Waals surface area (Å²) in [5.74, 6) is -0.662. The van der Waals surface area contributed by atoms with E-state index in [2.05, 4.69) is 11.9 Å². The van der Waals surface area contributed by atoms with Crippen molar-refractivity contribution < 1.29 is 30.8 Å². The second-order valence-electron chi connectivity index (χ2n) is 10.2. The Kier molecular flexibility index (Phi) is 8.17. The van der Waals surface area contributed by atoms with Crippen molar-refractivity contribution in [2.24, 2.45) is 17.8 Å². The van der Waals surface area contributed by atoms with Gasteiger partial charge in [-0.2, -0.15) is 4.31 Å². The second-order valence-corrected chi connectivity index (χ2v) is 14.1. The molecule has 3 rings (SSSR count). The molecule has 1 aromatic carbocycles. The van der Waals surface area contributed by atoms with E-state index in [9.17, 15) is 26.0 Å². The third-order valence-electron chi connectivity index (χ3n) is 6.22. The fourth-order valence-corrected chi connectivity index (χ4v) is 6.82. The number of piperidine rings is 1. The minimum Gasteiger partial charge on any atom is -0.444 e. The highest BCUT2D eigenvalue weighted by Gasteiger charge is 2.57. The molecule has 1 amide bonds. The first-order valence-electron chi connectivity index (χ1n) is 11.6. The minimum atomic E-state index is -3.86. The van der Waals surface area contributed by atoms with E-state index in [1.165, 1.54) is 40.7 Å². The molecule has 0 aromatic heterocycles. The minimum absolute atomic E-state index is 0.100. The molecule has 198 valence electrons. The van der Waals surface area contributed by atoms with Crippen molar-refractivity contribution in [1.82, 2.24) is 9.62 Å². The number of fused-ring (bicyclic) bond motifs is 1. The molecular formula is C25H33FN2O6S2. The van der Waals surface area contributed by atoms with E-state index in [0.717, 1.165) is 6.07 Å². The lowest BCUT2D eigenvalue weighted by Gasteiger charge is -2.21. The van der Waals surface area contributed by atoms with Gasteiger partial charge in [0.1, 0.15) is 16.3 Å². The molecule has 0 bridgehead atoms. The Labute approximate surface area is 212 Å². The summed E-state index contributed by atoms with van der Waals surface area (Å²) in [5.41, 5.74) is -0.0760. The van der Waals surface area contributed by atoms with Gasteiger partial charge in [0.2, 0.25) is 10.0 Å². The van der Waals surface area contributed by atoms with Crippen LogP contribution >= 0.6 is 0 Å². The molecule has 0 spiro atoms. The predicted octanol–water partition coefficient (Wildman–Crippen LogP) is 3.65. The average Bonchev–Trinajstić information content (AvgIpc) is 3.21. The van der Waals surface area contributed by atoms with Gasteiger partial charge in [0.25, 0.3) is 0 Å². The summed E-state index contributed by atoms with van der Waals surface area (Å²) in [7, 11) is -7.62. The number of benzene rings is 1. The normalized spacial score (nSPS) is 22.9. The fourth-order valence-electron chi connectivity index (χ4n) is 4.20. The van der Waals surface area contributed by atoms with Crippen LogP contribution in [0.5, 0.6) is 0 Å². The summed E-state index contributed by atoms with van der Waals surface area (Å²) in [4.78, 5) is 11.3. The molecule has 11 heteroatoms. The van der Waals surface area contributed by atoms with Crippen molar-refractivity contribution in [2.75, 3.05) is 25.4 Å². The van der Waals surface area contributed by atoms with Crippen LogP contribution in [-0.2, 0) is 24.6 Å². The third kappa shape index (κ3) is 6.83. The molecule has 1 aliphatic carbocycles. The van der Waals surface area contributed by atoms with Crippen LogP contribution in [-0.4, -0.2) is 58.2 Å². The van der Waals surface area contributed by atoms with Crippen molar-refractivity contribution in [3.8, 4) is 0 Å². The maximum absolute atomic E-state index is 13.8. The monoisotopic (exact) mass is 540 g/mol. The van der Waals surface area contributed by atoms with Crippen LogP contribution in [0.2, 0.25) is 0 Å². The number of nitrogens with zero attached hydrogens (tertiary/aromatic N) is 1. The lowest BCUT2D eigenvalue weighted by atomic mass is 10.2. The van der Waals surface area contributed by atoms with E-state index < -0.39 is 43.1 Å². The van der Waals surface area contributed by atoms with Gasteiger partial charge in [0.05, 0.1) is 10.7 Å². The van der Waals surface area contributed by atoms with E-state index in [-0.39, 0.29) is 27.6 Å². The molecule has 2 fully saturated rings. The number of rotatable bonds is 9. The largest absolute Gasteiger partial charge is 0.444 e. The molecule has 1 saturated carbocycles. The highest BCUT2D eigenvalue weighted by molar-refractivity contribution is 7.93. The second kappa shape index (κ2) is 10.5. The molecule has 1 N–H and O–H groups in total. The van der Waals surface area contributed by atoms with Crippen LogP contribution in [0.4, 0.5) is 9.18 Å². The number of sulfone groups is 1. The zero-order valence-corrected chi connectivity index (χ0v) is 22.5. The van der Waals surface area contributed by atoms with Crippen molar-refractivity contribution in [3.05, 3.63) is 65.4 Å². The zero-order valence-electron chi connectivity index (χ0n) is 20.9. The summed E-state index contributed by atoms with van der Waals surface area (Å²) in [6.45, 7) is 11.8. The summed E-state index contributed by atoms with van der Waals surface area (Å²) >= 11 is 0. The Hall–Kier alpha value is -2.50. The van der Waals surface area contributed by atoms with E-state index in [0.29, 0.717) is 25.2 Å². The first-order valence-corrected chi connectivity index (χ1v) is 14.7. The molecule has 1 saturated heterocycles. The Bertz CT molecular complexity index is 1280. The van der Waals surface area contributed by atoms with E-state index in [1.54, 1.807) is 27.7 Å². The van der Waals surface area contributed by atoms with Gasteiger partial charge in [-0.15, -0.1) is 0 Å². The molecular weight excluding hydrogens is 507 g/mol. The SMILES string of the molecule is C=C(/C=C\C(C)=C/CS(=O)(=O)c1ccccc1F)S(=O)(=O)N1CC2C(CNC(=O)OC(C)(C)C)C2C1. The van der Waals surface area contributed by atoms with Crippen molar-refractivity contribution >= 4 is 26.0 Å². The number of halogens is 1. The van der Waals surface area contributed by atoms with Gasteiger partial charge in [0, 0.05) is 19.6 Å². The van der Waals surface area contributed by atoms with Crippen LogP contribution in [0.15, 0.2) is 64.4 Å². The van der Waals surface area contributed by atoms with Gasteiger partial charge in [-0.1, -0.05) is 36.4 Å². The van der Waals surface area contributed by atoms with Crippen LogP contribution in [0.1, 0.15) is 27.7 Å². The molecule has 1 heterocycles. The molecule has 0 radical (unpaired) electrons. The fraction of sp³-hybridized carbons (Fsp3) is 0.480.